The minimum absolute atomic E-state index is 0.155. The van der Waals surface area contributed by atoms with E-state index < -0.39 is 0 Å². The van der Waals surface area contributed by atoms with Gasteiger partial charge in [-0.1, -0.05) is 0 Å². The first kappa shape index (κ1) is 13.8. The van der Waals surface area contributed by atoms with Crippen LogP contribution < -0.4 is 5.32 Å². The van der Waals surface area contributed by atoms with Gasteiger partial charge < -0.3 is 9.88 Å². The summed E-state index contributed by atoms with van der Waals surface area (Å²) in [5.74, 6) is 0.412. The summed E-state index contributed by atoms with van der Waals surface area (Å²) in [5, 5.41) is 2.82. The number of aryl methyl sites for hydroxylation is 1. The number of hydrogen-bond donors (Lipinski definition) is 1. The van der Waals surface area contributed by atoms with Crippen LogP contribution in [0.5, 0.6) is 0 Å². The molecule has 0 spiro atoms. The van der Waals surface area contributed by atoms with E-state index in [1.165, 1.54) is 0 Å². The van der Waals surface area contributed by atoms with E-state index >= 15 is 0 Å². The molecule has 0 fully saturated rings. The van der Waals surface area contributed by atoms with Crippen LogP contribution in [0.1, 0.15) is 35.9 Å². The third-order valence-electron chi connectivity index (χ3n) is 2.76. The molecule has 0 aromatic carbocycles. The Labute approximate surface area is 121 Å². The second-order valence-corrected chi connectivity index (χ2v) is 5.63. The zero-order chi connectivity index (χ0) is 14.0. The van der Waals surface area contributed by atoms with Crippen LogP contribution in [0.4, 0.5) is 5.82 Å². The smallest absolute Gasteiger partial charge is 0.273 e. The fraction of sp³-hybridized carbons (Fsp3) is 0.286. The number of halogens is 1. The number of aromatic nitrogens is 2. The number of nitrogens with zero attached hydrogens (tertiary/aromatic N) is 2. The third kappa shape index (κ3) is 3.23. The summed E-state index contributed by atoms with van der Waals surface area (Å²) in [4.78, 5) is 16.4. The molecule has 2 aromatic rings. The molecule has 0 atom stereocenters. The van der Waals surface area contributed by atoms with Crippen molar-refractivity contribution in [3.63, 3.8) is 0 Å². The molecular weight excluding hydrogens is 306 g/mol. The van der Waals surface area contributed by atoms with Crippen LogP contribution in [0.2, 0.25) is 0 Å². The van der Waals surface area contributed by atoms with Crippen LogP contribution in [0.15, 0.2) is 35.1 Å². The number of nitrogens with one attached hydrogen (secondary N) is 1. The van der Waals surface area contributed by atoms with E-state index in [1.54, 1.807) is 6.20 Å². The Morgan fingerprint density at radius 3 is 2.79 bits per heavy atom. The van der Waals surface area contributed by atoms with Gasteiger partial charge in [0.15, 0.2) is 0 Å². The van der Waals surface area contributed by atoms with Crippen LogP contribution in [-0.4, -0.2) is 15.5 Å². The second kappa shape index (κ2) is 5.57. The fourth-order valence-corrected chi connectivity index (χ4v) is 2.28. The Morgan fingerprint density at radius 1 is 1.42 bits per heavy atom. The molecule has 2 rings (SSSR count). The molecule has 4 nitrogen and oxygen atoms in total. The van der Waals surface area contributed by atoms with Crippen molar-refractivity contribution < 1.29 is 4.79 Å². The third-order valence-corrected chi connectivity index (χ3v) is 3.19. The van der Waals surface area contributed by atoms with Gasteiger partial charge in [0.1, 0.15) is 11.5 Å². The van der Waals surface area contributed by atoms with E-state index in [0.717, 1.165) is 10.0 Å². The number of pyridine rings is 1. The van der Waals surface area contributed by atoms with E-state index in [2.05, 4.69) is 26.2 Å². The Balaban J connectivity index is 2.25. The maximum absolute atomic E-state index is 12.3. The van der Waals surface area contributed by atoms with E-state index in [-0.39, 0.29) is 11.9 Å². The zero-order valence-corrected chi connectivity index (χ0v) is 12.7. The van der Waals surface area contributed by atoms with Gasteiger partial charge in [-0.2, -0.15) is 0 Å². The molecule has 0 bridgehead atoms. The van der Waals surface area contributed by atoms with Crippen LogP contribution in [0.25, 0.3) is 0 Å². The molecule has 1 amide bonds. The van der Waals surface area contributed by atoms with Crippen molar-refractivity contribution in [3.8, 4) is 0 Å². The van der Waals surface area contributed by atoms with Crippen molar-refractivity contribution in [2.24, 2.45) is 0 Å². The molecule has 5 heteroatoms. The van der Waals surface area contributed by atoms with Gasteiger partial charge in [-0.25, -0.2) is 4.98 Å². The number of rotatable bonds is 3. The minimum Gasteiger partial charge on any atom is -0.340 e. The Kier molecular flexibility index (Phi) is 4.04. The van der Waals surface area contributed by atoms with Gasteiger partial charge in [0.25, 0.3) is 5.91 Å². The molecule has 100 valence electrons. The second-order valence-electron chi connectivity index (χ2n) is 4.72. The van der Waals surface area contributed by atoms with Crippen molar-refractivity contribution in [1.29, 1.82) is 0 Å². The number of anilines is 1. The first-order valence-corrected chi connectivity index (χ1v) is 6.88. The highest BCUT2D eigenvalue weighted by molar-refractivity contribution is 9.10. The molecule has 0 unspecified atom stereocenters. The highest BCUT2D eigenvalue weighted by atomic mass is 79.9. The van der Waals surface area contributed by atoms with Crippen LogP contribution in [0.3, 0.4) is 0 Å². The van der Waals surface area contributed by atoms with Gasteiger partial charge in [-0.15, -0.1) is 0 Å². The Morgan fingerprint density at radius 2 is 2.16 bits per heavy atom. The first-order chi connectivity index (χ1) is 8.97. The van der Waals surface area contributed by atoms with E-state index in [4.69, 9.17) is 0 Å². The largest absolute Gasteiger partial charge is 0.340 e. The monoisotopic (exact) mass is 321 g/mol. The van der Waals surface area contributed by atoms with Gasteiger partial charge in [0.05, 0.1) is 0 Å². The van der Waals surface area contributed by atoms with Crippen LogP contribution in [-0.2, 0) is 0 Å². The number of carbonyl (C=O) groups is 1. The maximum atomic E-state index is 12.3. The van der Waals surface area contributed by atoms with Gasteiger partial charge in [0.2, 0.25) is 0 Å². The highest BCUT2D eigenvalue weighted by Gasteiger charge is 2.15. The normalized spacial score (nSPS) is 10.8. The quantitative estimate of drug-likeness (QED) is 0.934. The number of carbonyl (C=O) groups excluding carboxylic acids is 1. The van der Waals surface area contributed by atoms with Gasteiger partial charge in [-0.05, 0) is 60.5 Å². The summed E-state index contributed by atoms with van der Waals surface area (Å²) in [5.41, 5.74) is 1.68. The molecule has 0 aliphatic carbocycles. The summed E-state index contributed by atoms with van der Waals surface area (Å²) in [6, 6.07) is 5.77. The average Bonchev–Trinajstić information content (AvgIpc) is 2.71. The Hall–Kier alpha value is -1.62. The molecule has 1 N–H and O–H groups in total. The van der Waals surface area contributed by atoms with Crippen LogP contribution in [0, 0.1) is 6.92 Å². The lowest BCUT2D eigenvalue weighted by Crippen LogP contribution is -2.18. The molecular formula is C14H16BrN3O. The summed E-state index contributed by atoms with van der Waals surface area (Å²) in [6.45, 7) is 6.03. The summed E-state index contributed by atoms with van der Waals surface area (Å²) in [6.07, 6.45) is 3.59. The number of amides is 1. The van der Waals surface area contributed by atoms with E-state index in [1.807, 2.05) is 49.7 Å². The molecule has 0 saturated heterocycles. The summed E-state index contributed by atoms with van der Waals surface area (Å²) >= 11 is 3.40. The summed E-state index contributed by atoms with van der Waals surface area (Å²) in [7, 11) is 0. The molecule has 2 aromatic heterocycles. The predicted octanol–water partition coefficient (Wildman–Crippen LogP) is 3.79. The first-order valence-electron chi connectivity index (χ1n) is 6.09. The lowest BCUT2D eigenvalue weighted by Gasteiger charge is -2.12. The molecule has 0 aliphatic rings. The molecule has 19 heavy (non-hydrogen) atoms. The maximum Gasteiger partial charge on any atom is 0.273 e. The number of hydrogen-bond acceptors (Lipinski definition) is 2. The predicted molar refractivity (Wildman–Crippen MR) is 79.4 cm³/mol. The van der Waals surface area contributed by atoms with Crippen molar-refractivity contribution >= 4 is 27.7 Å². The van der Waals surface area contributed by atoms with Crippen molar-refractivity contribution in [1.82, 2.24) is 9.55 Å². The van der Waals surface area contributed by atoms with Gasteiger partial charge >= 0.3 is 0 Å². The zero-order valence-electron chi connectivity index (χ0n) is 11.1. The molecule has 0 radical (unpaired) electrons. The lowest BCUT2D eigenvalue weighted by atomic mass is 10.3. The summed E-state index contributed by atoms with van der Waals surface area (Å²) < 4.78 is 2.82. The van der Waals surface area contributed by atoms with Crippen molar-refractivity contribution in [2.45, 2.75) is 26.8 Å². The standard InChI is InChI=1S/C14H16BrN3O/c1-9(2)18-8-11(15)7-12(18)14(19)17-13-6-10(3)4-5-16-13/h4-9H,1-3H3,(H,16,17,19). The topological polar surface area (TPSA) is 46.9 Å². The van der Waals surface area contributed by atoms with Gasteiger partial charge in [-0.3, -0.25) is 4.79 Å². The lowest BCUT2D eigenvalue weighted by molar-refractivity contribution is 0.101. The fourth-order valence-electron chi connectivity index (χ4n) is 1.84. The Bertz CT molecular complexity index is 604. The van der Waals surface area contributed by atoms with Crippen LogP contribution >= 0.6 is 15.9 Å². The SMILES string of the molecule is Cc1ccnc(NC(=O)c2cc(Br)cn2C(C)C)c1. The van der Waals surface area contributed by atoms with Crippen molar-refractivity contribution in [3.05, 3.63) is 46.3 Å². The minimum atomic E-state index is -0.155. The van der Waals surface area contributed by atoms with E-state index in [0.29, 0.717) is 11.5 Å². The van der Waals surface area contributed by atoms with Gasteiger partial charge in [0, 0.05) is 22.9 Å². The molecule has 0 saturated carbocycles. The molecule has 2 heterocycles. The van der Waals surface area contributed by atoms with E-state index in [9.17, 15) is 4.79 Å². The molecule has 0 aliphatic heterocycles. The average molecular weight is 322 g/mol. The highest BCUT2D eigenvalue weighted by Crippen LogP contribution is 2.20. The van der Waals surface area contributed by atoms with Crippen molar-refractivity contribution in [2.75, 3.05) is 5.32 Å².